The number of aliphatic imine (C=N–C) groups is 1. The van der Waals surface area contributed by atoms with Crippen LogP contribution in [0.3, 0.4) is 0 Å². The molecule has 2 unspecified atom stereocenters. The van der Waals surface area contributed by atoms with Crippen molar-refractivity contribution in [2.45, 2.75) is 52.0 Å². The number of nitrogens with zero attached hydrogens (tertiary/aromatic N) is 5. The highest BCUT2D eigenvalue weighted by molar-refractivity contribution is 14.0. The summed E-state index contributed by atoms with van der Waals surface area (Å²) >= 11 is 0. The largest absolute Gasteiger partial charge is 0.352 e. The predicted octanol–water partition coefficient (Wildman–Crippen LogP) is 2.24. The Balaban J connectivity index is 0.00000261. The van der Waals surface area contributed by atoms with Gasteiger partial charge in [-0.15, -0.1) is 34.2 Å². The number of aryl methyl sites for hydroxylation is 1. The minimum absolute atomic E-state index is 0. The van der Waals surface area contributed by atoms with E-state index in [-0.39, 0.29) is 24.0 Å². The first kappa shape index (κ1) is 21.6. The molecule has 27 heavy (non-hydrogen) atoms. The van der Waals surface area contributed by atoms with Gasteiger partial charge in [-0.05, 0) is 25.8 Å². The molecule has 1 fully saturated rings. The molecule has 1 aliphatic heterocycles. The summed E-state index contributed by atoms with van der Waals surface area (Å²) in [6, 6.07) is 11.6. The molecular weight excluding hydrogens is 453 g/mol. The van der Waals surface area contributed by atoms with Crippen LogP contribution in [-0.2, 0) is 19.6 Å². The number of benzene rings is 1. The molecule has 0 bridgehead atoms. The third kappa shape index (κ3) is 5.90. The van der Waals surface area contributed by atoms with E-state index in [4.69, 9.17) is 0 Å². The average molecular weight is 483 g/mol. The molecule has 8 heteroatoms. The molecule has 0 spiro atoms. The van der Waals surface area contributed by atoms with Crippen molar-refractivity contribution in [3.8, 4) is 0 Å². The maximum atomic E-state index is 4.36. The van der Waals surface area contributed by atoms with Crippen LogP contribution in [0.2, 0.25) is 0 Å². The predicted molar refractivity (Wildman–Crippen MR) is 119 cm³/mol. The molecule has 2 atom stereocenters. The minimum Gasteiger partial charge on any atom is -0.352 e. The highest BCUT2D eigenvalue weighted by Crippen LogP contribution is 2.20. The summed E-state index contributed by atoms with van der Waals surface area (Å²) in [5.74, 6) is 1.73. The number of halogens is 1. The Morgan fingerprint density at radius 3 is 2.78 bits per heavy atom. The first-order chi connectivity index (χ1) is 12.7. The van der Waals surface area contributed by atoms with Crippen molar-refractivity contribution in [2.24, 2.45) is 4.99 Å². The molecule has 7 nitrogen and oxygen atoms in total. The standard InChI is InChI=1S/C19H29N7.HI/c1-4-25-14-22-24-18(25)11-21-19(20-3)23-17-10-15(2)26(13-17)12-16-8-6-5-7-9-16;/h5-9,14-15,17H,4,10-13H2,1-3H3,(H2,20,21,23);1H. The van der Waals surface area contributed by atoms with Gasteiger partial charge in [-0.1, -0.05) is 30.3 Å². The van der Waals surface area contributed by atoms with Gasteiger partial charge in [-0.3, -0.25) is 9.89 Å². The van der Waals surface area contributed by atoms with Crippen LogP contribution in [0.5, 0.6) is 0 Å². The smallest absolute Gasteiger partial charge is 0.191 e. The zero-order chi connectivity index (χ0) is 18.4. The third-order valence-electron chi connectivity index (χ3n) is 4.95. The van der Waals surface area contributed by atoms with Crippen LogP contribution in [-0.4, -0.2) is 51.3 Å². The lowest BCUT2D eigenvalue weighted by Crippen LogP contribution is -2.44. The van der Waals surface area contributed by atoms with Gasteiger partial charge in [0, 0.05) is 38.8 Å². The molecule has 3 rings (SSSR count). The van der Waals surface area contributed by atoms with Gasteiger partial charge < -0.3 is 15.2 Å². The van der Waals surface area contributed by atoms with Crippen molar-refractivity contribution in [3.63, 3.8) is 0 Å². The minimum atomic E-state index is 0. The van der Waals surface area contributed by atoms with Gasteiger partial charge in [0.15, 0.2) is 11.8 Å². The van der Waals surface area contributed by atoms with Gasteiger partial charge in [0.1, 0.15) is 6.33 Å². The zero-order valence-electron chi connectivity index (χ0n) is 16.3. The van der Waals surface area contributed by atoms with Crippen molar-refractivity contribution >= 4 is 29.9 Å². The highest BCUT2D eigenvalue weighted by atomic mass is 127. The third-order valence-corrected chi connectivity index (χ3v) is 4.95. The molecule has 2 aromatic rings. The molecule has 1 aliphatic rings. The Morgan fingerprint density at radius 1 is 1.30 bits per heavy atom. The molecule has 0 saturated carbocycles. The number of aromatic nitrogens is 3. The first-order valence-corrected chi connectivity index (χ1v) is 9.31. The number of rotatable bonds is 6. The monoisotopic (exact) mass is 483 g/mol. The average Bonchev–Trinajstić information content (AvgIpc) is 3.25. The van der Waals surface area contributed by atoms with Gasteiger partial charge in [0.2, 0.25) is 0 Å². The second-order valence-electron chi connectivity index (χ2n) is 6.80. The van der Waals surface area contributed by atoms with E-state index in [1.807, 2.05) is 4.57 Å². The van der Waals surface area contributed by atoms with E-state index in [1.165, 1.54) is 5.56 Å². The second-order valence-corrected chi connectivity index (χ2v) is 6.80. The number of hydrogen-bond donors (Lipinski definition) is 2. The maximum absolute atomic E-state index is 4.36. The van der Waals surface area contributed by atoms with Crippen LogP contribution in [0.4, 0.5) is 0 Å². The molecule has 2 N–H and O–H groups in total. The van der Waals surface area contributed by atoms with E-state index >= 15 is 0 Å². The normalized spacial score (nSPS) is 20.3. The number of hydrogen-bond acceptors (Lipinski definition) is 4. The van der Waals surface area contributed by atoms with Crippen molar-refractivity contribution in [2.75, 3.05) is 13.6 Å². The first-order valence-electron chi connectivity index (χ1n) is 9.31. The summed E-state index contributed by atoms with van der Waals surface area (Å²) in [4.78, 5) is 6.88. The lowest BCUT2D eigenvalue weighted by atomic mass is 10.2. The molecule has 1 aromatic carbocycles. The van der Waals surface area contributed by atoms with Crippen LogP contribution in [0.15, 0.2) is 41.7 Å². The molecule has 0 aliphatic carbocycles. The van der Waals surface area contributed by atoms with E-state index in [9.17, 15) is 0 Å². The molecule has 0 radical (unpaired) electrons. The van der Waals surface area contributed by atoms with Gasteiger partial charge in [0.05, 0.1) is 6.54 Å². The maximum Gasteiger partial charge on any atom is 0.191 e. The van der Waals surface area contributed by atoms with Crippen molar-refractivity contribution in [1.82, 2.24) is 30.3 Å². The quantitative estimate of drug-likeness (QED) is 0.375. The Labute approximate surface area is 178 Å². The molecule has 0 amide bonds. The Bertz CT molecular complexity index is 716. The molecule has 1 saturated heterocycles. The molecule has 2 heterocycles. The number of guanidine groups is 1. The SMILES string of the molecule is CCn1cnnc1CNC(=NC)NC1CC(C)N(Cc2ccccc2)C1.I. The molecular formula is C19H30IN7. The van der Waals surface area contributed by atoms with Gasteiger partial charge >= 0.3 is 0 Å². The summed E-state index contributed by atoms with van der Waals surface area (Å²) in [6.45, 7) is 7.87. The fourth-order valence-corrected chi connectivity index (χ4v) is 3.47. The second kappa shape index (κ2) is 10.6. The van der Waals surface area contributed by atoms with Crippen molar-refractivity contribution in [1.29, 1.82) is 0 Å². The Hall–Kier alpha value is -1.68. The molecule has 1 aromatic heterocycles. The van der Waals surface area contributed by atoms with Crippen LogP contribution < -0.4 is 10.6 Å². The highest BCUT2D eigenvalue weighted by Gasteiger charge is 2.29. The van der Waals surface area contributed by atoms with Gasteiger partial charge in [0.25, 0.3) is 0 Å². The Morgan fingerprint density at radius 2 is 2.07 bits per heavy atom. The van der Waals surface area contributed by atoms with Crippen LogP contribution in [0, 0.1) is 0 Å². The Kier molecular flexibility index (Phi) is 8.49. The summed E-state index contributed by atoms with van der Waals surface area (Å²) in [7, 11) is 1.81. The number of likely N-dealkylation sites (tertiary alicyclic amines) is 1. The van der Waals surface area contributed by atoms with Crippen LogP contribution in [0.25, 0.3) is 0 Å². The fraction of sp³-hybridized carbons (Fsp3) is 0.526. The lowest BCUT2D eigenvalue weighted by molar-refractivity contribution is 0.258. The van der Waals surface area contributed by atoms with Crippen LogP contribution in [0.1, 0.15) is 31.7 Å². The van der Waals surface area contributed by atoms with E-state index in [0.29, 0.717) is 18.6 Å². The van der Waals surface area contributed by atoms with Crippen molar-refractivity contribution < 1.29 is 0 Å². The van der Waals surface area contributed by atoms with E-state index < -0.39 is 0 Å². The summed E-state index contributed by atoms with van der Waals surface area (Å²) in [5, 5.41) is 15.0. The number of nitrogens with one attached hydrogen (secondary N) is 2. The van der Waals surface area contributed by atoms with Gasteiger partial charge in [-0.25, -0.2) is 0 Å². The van der Waals surface area contributed by atoms with Crippen molar-refractivity contribution in [3.05, 3.63) is 48.0 Å². The summed E-state index contributed by atoms with van der Waals surface area (Å²) in [5.41, 5.74) is 1.36. The van der Waals surface area contributed by atoms with E-state index in [2.05, 4.69) is 74.9 Å². The van der Waals surface area contributed by atoms with E-state index in [1.54, 1.807) is 13.4 Å². The lowest BCUT2D eigenvalue weighted by Gasteiger charge is -2.21. The van der Waals surface area contributed by atoms with Gasteiger partial charge in [-0.2, -0.15) is 0 Å². The summed E-state index contributed by atoms with van der Waals surface area (Å²) in [6.07, 6.45) is 2.87. The molecule has 148 valence electrons. The van der Waals surface area contributed by atoms with E-state index in [0.717, 1.165) is 37.8 Å². The summed E-state index contributed by atoms with van der Waals surface area (Å²) < 4.78 is 2.03. The fourth-order valence-electron chi connectivity index (χ4n) is 3.47. The van der Waals surface area contributed by atoms with Crippen LogP contribution >= 0.6 is 24.0 Å². The zero-order valence-corrected chi connectivity index (χ0v) is 18.6. The topological polar surface area (TPSA) is 70.4 Å².